The minimum absolute atomic E-state index is 0.0271. The Morgan fingerprint density at radius 1 is 0.960 bits per heavy atom. The minimum atomic E-state index is -0.909. The normalized spacial score (nSPS) is 20.8. The van der Waals surface area contributed by atoms with Crippen LogP contribution in [0.2, 0.25) is 0 Å². The summed E-state index contributed by atoms with van der Waals surface area (Å²) in [4.78, 5) is 0. The molecule has 0 bridgehead atoms. The fraction of sp³-hybridized carbons (Fsp3) is 0.333. The first-order valence-corrected chi connectivity index (χ1v) is 8.54. The maximum atomic E-state index is 14.2. The maximum Gasteiger partial charge on any atom is 0.200 e. The average molecular weight is 346 g/mol. The third kappa shape index (κ3) is 4.06. The standard InChI is InChI=1S/C21H21F3O/c1-25-19-12-11-18(20(23)21(19)24)16-9-7-14(8-10-16)5-6-15-3-2-4-17(22)13-15/h2-6,11-14,16H,7-10H2,1H3/b6-5+. The summed E-state index contributed by atoms with van der Waals surface area (Å²) in [6.07, 6.45) is 7.45. The van der Waals surface area contributed by atoms with Gasteiger partial charge in [-0.05, 0) is 66.8 Å². The molecule has 1 fully saturated rings. The molecule has 0 heterocycles. The van der Waals surface area contributed by atoms with E-state index in [1.165, 1.54) is 25.3 Å². The molecule has 0 unspecified atom stereocenters. The Kier molecular flexibility index (Phi) is 5.47. The first-order chi connectivity index (χ1) is 12.1. The van der Waals surface area contributed by atoms with Gasteiger partial charge in [-0.15, -0.1) is 0 Å². The van der Waals surface area contributed by atoms with Crippen molar-refractivity contribution >= 4 is 6.08 Å². The van der Waals surface area contributed by atoms with Gasteiger partial charge in [0.15, 0.2) is 11.6 Å². The smallest absolute Gasteiger partial charge is 0.200 e. The van der Waals surface area contributed by atoms with E-state index < -0.39 is 11.6 Å². The second kappa shape index (κ2) is 7.77. The number of halogens is 3. The van der Waals surface area contributed by atoms with Crippen molar-refractivity contribution < 1.29 is 17.9 Å². The molecule has 1 nitrogen and oxygen atoms in total. The van der Waals surface area contributed by atoms with Crippen LogP contribution in [0.3, 0.4) is 0 Å². The molecule has 0 saturated heterocycles. The van der Waals surface area contributed by atoms with Crippen LogP contribution in [-0.4, -0.2) is 7.11 Å². The summed E-state index contributed by atoms with van der Waals surface area (Å²) >= 11 is 0. The largest absolute Gasteiger partial charge is 0.494 e. The molecule has 25 heavy (non-hydrogen) atoms. The Morgan fingerprint density at radius 2 is 1.72 bits per heavy atom. The molecule has 1 saturated carbocycles. The second-order valence-corrected chi connectivity index (χ2v) is 6.51. The third-order valence-electron chi connectivity index (χ3n) is 4.92. The van der Waals surface area contributed by atoms with Crippen LogP contribution in [0.25, 0.3) is 6.08 Å². The molecular weight excluding hydrogens is 325 g/mol. The Morgan fingerprint density at radius 3 is 2.40 bits per heavy atom. The van der Waals surface area contributed by atoms with Gasteiger partial charge in [0.25, 0.3) is 0 Å². The van der Waals surface area contributed by atoms with Gasteiger partial charge >= 0.3 is 0 Å². The SMILES string of the molecule is COc1ccc(C2CCC(/C=C/c3cccc(F)c3)CC2)c(F)c1F. The lowest BCUT2D eigenvalue weighted by molar-refractivity contribution is 0.350. The highest BCUT2D eigenvalue weighted by Crippen LogP contribution is 2.39. The predicted molar refractivity (Wildman–Crippen MR) is 93.0 cm³/mol. The summed E-state index contributed by atoms with van der Waals surface area (Å²) in [5.74, 6) is -1.60. The molecule has 0 amide bonds. The zero-order valence-corrected chi connectivity index (χ0v) is 14.1. The van der Waals surface area contributed by atoms with Gasteiger partial charge in [-0.25, -0.2) is 8.78 Å². The number of rotatable bonds is 4. The van der Waals surface area contributed by atoms with Crippen molar-refractivity contribution in [3.63, 3.8) is 0 Å². The van der Waals surface area contributed by atoms with E-state index in [0.717, 1.165) is 31.2 Å². The molecule has 3 rings (SSSR count). The summed E-state index contributed by atoms with van der Waals surface area (Å²) < 4.78 is 46.1. The van der Waals surface area contributed by atoms with Crippen LogP contribution >= 0.6 is 0 Å². The molecule has 1 aliphatic rings. The van der Waals surface area contributed by atoms with Gasteiger partial charge < -0.3 is 4.74 Å². The van der Waals surface area contributed by atoms with Gasteiger partial charge in [0.1, 0.15) is 5.82 Å². The average Bonchev–Trinajstić information content (AvgIpc) is 2.63. The van der Waals surface area contributed by atoms with Gasteiger partial charge in [0, 0.05) is 0 Å². The lowest BCUT2D eigenvalue weighted by Crippen LogP contribution is -2.13. The minimum Gasteiger partial charge on any atom is -0.494 e. The molecule has 0 radical (unpaired) electrons. The van der Waals surface area contributed by atoms with Gasteiger partial charge in [-0.1, -0.05) is 30.4 Å². The lowest BCUT2D eigenvalue weighted by atomic mass is 9.78. The summed E-state index contributed by atoms with van der Waals surface area (Å²) in [6, 6.07) is 9.59. The molecule has 0 aromatic heterocycles. The zero-order chi connectivity index (χ0) is 17.8. The van der Waals surface area contributed by atoms with Gasteiger partial charge in [0.2, 0.25) is 5.82 Å². The zero-order valence-electron chi connectivity index (χ0n) is 14.1. The monoisotopic (exact) mass is 346 g/mol. The van der Waals surface area contributed by atoms with Crippen molar-refractivity contribution in [2.45, 2.75) is 31.6 Å². The number of allylic oxidation sites excluding steroid dienone is 1. The Labute approximate surface area is 146 Å². The lowest BCUT2D eigenvalue weighted by Gasteiger charge is -2.27. The van der Waals surface area contributed by atoms with Crippen molar-refractivity contribution in [3.8, 4) is 5.75 Å². The second-order valence-electron chi connectivity index (χ2n) is 6.51. The van der Waals surface area contributed by atoms with Crippen molar-refractivity contribution in [2.75, 3.05) is 7.11 Å². The van der Waals surface area contributed by atoms with Crippen LogP contribution in [-0.2, 0) is 0 Å². The first kappa shape index (κ1) is 17.6. The van der Waals surface area contributed by atoms with Crippen molar-refractivity contribution in [3.05, 3.63) is 71.1 Å². The van der Waals surface area contributed by atoms with E-state index in [1.54, 1.807) is 12.1 Å². The Hall–Kier alpha value is -2.23. The third-order valence-corrected chi connectivity index (χ3v) is 4.92. The highest BCUT2D eigenvalue weighted by atomic mass is 19.2. The quantitative estimate of drug-likeness (QED) is 0.650. The van der Waals surface area contributed by atoms with Crippen molar-refractivity contribution in [1.29, 1.82) is 0 Å². The van der Waals surface area contributed by atoms with E-state index >= 15 is 0 Å². The molecule has 0 atom stereocenters. The van der Waals surface area contributed by atoms with Crippen LogP contribution in [0.1, 0.15) is 42.7 Å². The number of ether oxygens (including phenoxy) is 1. The molecule has 1 aliphatic carbocycles. The maximum absolute atomic E-state index is 14.2. The van der Waals surface area contributed by atoms with E-state index in [4.69, 9.17) is 4.74 Å². The predicted octanol–water partition coefficient (Wildman–Crippen LogP) is 6.10. The highest BCUT2D eigenvalue weighted by molar-refractivity contribution is 5.49. The number of hydrogen-bond acceptors (Lipinski definition) is 1. The molecule has 0 N–H and O–H groups in total. The molecule has 2 aromatic carbocycles. The van der Waals surface area contributed by atoms with Gasteiger partial charge in [-0.3, -0.25) is 0 Å². The topological polar surface area (TPSA) is 9.23 Å². The number of hydrogen-bond donors (Lipinski definition) is 0. The number of methoxy groups -OCH3 is 1. The molecular formula is C21H21F3O. The summed E-state index contributed by atoms with van der Waals surface area (Å²) in [5.41, 5.74) is 1.27. The summed E-state index contributed by atoms with van der Waals surface area (Å²) in [5, 5.41) is 0. The first-order valence-electron chi connectivity index (χ1n) is 8.54. The molecule has 0 aliphatic heterocycles. The van der Waals surface area contributed by atoms with E-state index in [2.05, 4.69) is 6.08 Å². The molecule has 132 valence electrons. The highest BCUT2D eigenvalue weighted by Gasteiger charge is 2.25. The number of benzene rings is 2. The van der Waals surface area contributed by atoms with E-state index in [-0.39, 0.29) is 17.5 Å². The van der Waals surface area contributed by atoms with Gasteiger partial charge in [-0.2, -0.15) is 4.39 Å². The molecule has 2 aromatic rings. The van der Waals surface area contributed by atoms with Crippen LogP contribution in [0.5, 0.6) is 5.75 Å². The van der Waals surface area contributed by atoms with E-state index in [1.807, 2.05) is 12.1 Å². The van der Waals surface area contributed by atoms with Crippen LogP contribution in [0.4, 0.5) is 13.2 Å². The fourth-order valence-corrected chi connectivity index (χ4v) is 3.50. The molecule has 0 spiro atoms. The molecule has 4 heteroatoms. The van der Waals surface area contributed by atoms with Crippen molar-refractivity contribution in [1.82, 2.24) is 0 Å². The van der Waals surface area contributed by atoms with Crippen LogP contribution in [0, 0.1) is 23.4 Å². The van der Waals surface area contributed by atoms with Crippen molar-refractivity contribution in [2.24, 2.45) is 5.92 Å². The summed E-state index contributed by atoms with van der Waals surface area (Å²) in [7, 11) is 1.33. The van der Waals surface area contributed by atoms with E-state index in [9.17, 15) is 13.2 Å². The van der Waals surface area contributed by atoms with Crippen LogP contribution < -0.4 is 4.74 Å². The summed E-state index contributed by atoms with van der Waals surface area (Å²) in [6.45, 7) is 0. The van der Waals surface area contributed by atoms with Crippen LogP contribution in [0.15, 0.2) is 42.5 Å². The Bertz CT molecular complexity index is 762. The fourth-order valence-electron chi connectivity index (χ4n) is 3.50. The van der Waals surface area contributed by atoms with Gasteiger partial charge in [0.05, 0.1) is 7.11 Å². The van der Waals surface area contributed by atoms with E-state index in [0.29, 0.717) is 11.5 Å². The Balaban J connectivity index is 1.63.